The van der Waals surface area contributed by atoms with Gasteiger partial charge in [-0.05, 0) is 37.1 Å². The van der Waals surface area contributed by atoms with Gasteiger partial charge in [-0.25, -0.2) is 9.78 Å². The van der Waals surface area contributed by atoms with Gasteiger partial charge in [0.2, 0.25) is 0 Å². The molecule has 0 amide bonds. The van der Waals surface area contributed by atoms with Crippen molar-refractivity contribution in [1.29, 1.82) is 0 Å². The molecule has 0 aliphatic rings. The third-order valence-corrected chi connectivity index (χ3v) is 5.34. The van der Waals surface area contributed by atoms with E-state index in [9.17, 15) is 9.90 Å². The van der Waals surface area contributed by atoms with E-state index in [0.29, 0.717) is 46.7 Å². The van der Waals surface area contributed by atoms with Crippen molar-refractivity contribution in [2.75, 3.05) is 13.2 Å². The lowest BCUT2D eigenvalue weighted by Crippen LogP contribution is -2.03. The van der Waals surface area contributed by atoms with Crippen molar-refractivity contribution in [3.8, 4) is 22.1 Å². The van der Waals surface area contributed by atoms with E-state index in [0.717, 1.165) is 12.0 Å². The van der Waals surface area contributed by atoms with Crippen molar-refractivity contribution in [2.45, 2.75) is 26.7 Å². The minimum absolute atomic E-state index is 0.290. The summed E-state index contributed by atoms with van der Waals surface area (Å²) in [7, 11) is 0. The second kappa shape index (κ2) is 9.37. The summed E-state index contributed by atoms with van der Waals surface area (Å²) in [6.07, 6.45) is 1.39. The van der Waals surface area contributed by atoms with Crippen LogP contribution in [0, 0.1) is 0 Å². The Bertz CT molecular complexity index is 937. The van der Waals surface area contributed by atoms with Gasteiger partial charge in [-0.1, -0.05) is 37.3 Å². The molecule has 5 nitrogen and oxygen atoms in total. The van der Waals surface area contributed by atoms with Gasteiger partial charge in [0, 0.05) is 12.0 Å². The summed E-state index contributed by atoms with van der Waals surface area (Å²) in [6, 6.07) is 15.8. The molecule has 146 valence electrons. The summed E-state index contributed by atoms with van der Waals surface area (Å²) < 4.78 is 11.7. The SMILES string of the molecule is CCOc1cc(-c2nc(CC)c(C(=O)O)s2)ccc1OCCc1ccccc1. The third-order valence-electron chi connectivity index (χ3n) is 4.21. The second-order valence-electron chi connectivity index (χ2n) is 6.13. The predicted octanol–water partition coefficient (Wildman–Crippen LogP) is 5.09. The highest BCUT2D eigenvalue weighted by atomic mass is 32.1. The van der Waals surface area contributed by atoms with Gasteiger partial charge in [-0.15, -0.1) is 11.3 Å². The van der Waals surface area contributed by atoms with Crippen molar-refractivity contribution < 1.29 is 19.4 Å². The molecule has 0 aliphatic heterocycles. The van der Waals surface area contributed by atoms with Gasteiger partial charge in [-0.2, -0.15) is 0 Å². The third kappa shape index (κ3) is 4.70. The number of carboxylic acids is 1. The Kier molecular flexibility index (Phi) is 6.66. The first-order valence-corrected chi connectivity index (χ1v) is 10.1. The molecule has 28 heavy (non-hydrogen) atoms. The number of ether oxygens (including phenoxy) is 2. The van der Waals surface area contributed by atoms with E-state index in [1.807, 2.05) is 50.2 Å². The van der Waals surface area contributed by atoms with Gasteiger partial charge in [-0.3, -0.25) is 0 Å². The number of aryl methyl sites for hydroxylation is 1. The largest absolute Gasteiger partial charge is 0.490 e. The van der Waals surface area contributed by atoms with Crippen molar-refractivity contribution >= 4 is 17.3 Å². The van der Waals surface area contributed by atoms with Gasteiger partial charge < -0.3 is 14.6 Å². The van der Waals surface area contributed by atoms with Crippen LogP contribution in [-0.2, 0) is 12.8 Å². The molecule has 0 radical (unpaired) electrons. The van der Waals surface area contributed by atoms with E-state index in [4.69, 9.17) is 9.47 Å². The van der Waals surface area contributed by atoms with Crippen LogP contribution in [0.25, 0.3) is 10.6 Å². The maximum atomic E-state index is 11.4. The molecule has 0 saturated carbocycles. The molecule has 2 aromatic carbocycles. The van der Waals surface area contributed by atoms with E-state index in [2.05, 4.69) is 17.1 Å². The number of carboxylic acid groups (broad SMARTS) is 1. The zero-order valence-electron chi connectivity index (χ0n) is 16.0. The standard InChI is InChI=1S/C22H23NO4S/c1-3-17-20(22(24)25)28-21(23-17)16-10-11-18(19(14-16)26-4-2)27-13-12-15-8-6-5-7-9-15/h5-11,14H,3-4,12-13H2,1-2H3,(H,24,25). The highest BCUT2D eigenvalue weighted by Crippen LogP contribution is 2.35. The van der Waals surface area contributed by atoms with Crippen LogP contribution in [0.2, 0.25) is 0 Å². The summed E-state index contributed by atoms with van der Waals surface area (Å²) in [5.74, 6) is 0.372. The minimum atomic E-state index is -0.938. The Hall–Kier alpha value is -2.86. The van der Waals surface area contributed by atoms with E-state index in [-0.39, 0.29) is 0 Å². The Morgan fingerprint density at radius 1 is 1.07 bits per heavy atom. The summed E-state index contributed by atoms with van der Waals surface area (Å²) in [5.41, 5.74) is 2.65. The van der Waals surface area contributed by atoms with E-state index in [1.165, 1.54) is 16.9 Å². The fraction of sp³-hybridized carbons (Fsp3) is 0.273. The Morgan fingerprint density at radius 2 is 1.86 bits per heavy atom. The monoisotopic (exact) mass is 397 g/mol. The average Bonchev–Trinajstić information content (AvgIpc) is 3.15. The van der Waals surface area contributed by atoms with Crippen LogP contribution in [0.1, 0.15) is 34.8 Å². The zero-order chi connectivity index (χ0) is 19.9. The highest BCUT2D eigenvalue weighted by molar-refractivity contribution is 7.17. The second-order valence-corrected chi connectivity index (χ2v) is 7.13. The first-order valence-electron chi connectivity index (χ1n) is 9.29. The highest BCUT2D eigenvalue weighted by Gasteiger charge is 2.18. The van der Waals surface area contributed by atoms with Gasteiger partial charge in [0.15, 0.2) is 11.5 Å². The van der Waals surface area contributed by atoms with Crippen LogP contribution >= 0.6 is 11.3 Å². The molecule has 0 spiro atoms. The molecular weight excluding hydrogens is 374 g/mol. The zero-order valence-corrected chi connectivity index (χ0v) is 16.8. The average molecular weight is 397 g/mol. The smallest absolute Gasteiger partial charge is 0.347 e. The fourth-order valence-electron chi connectivity index (χ4n) is 2.83. The van der Waals surface area contributed by atoms with Gasteiger partial charge >= 0.3 is 5.97 Å². The number of hydrogen-bond donors (Lipinski definition) is 1. The molecule has 0 fully saturated rings. The fourth-order valence-corrected chi connectivity index (χ4v) is 3.82. The molecule has 0 saturated heterocycles. The summed E-state index contributed by atoms with van der Waals surface area (Å²) in [6.45, 7) is 4.88. The van der Waals surface area contributed by atoms with Crippen molar-refractivity contribution in [2.24, 2.45) is 0 Å². The van der Waals surface area contributed by atoms with Gasteiger partial charge in [0.1, 0.15) is 9.88 Å². The molecule has 1 N–H and O–H groups in total. The quantitative estimate of drug-likeness (QED) is 0.545. The van der Waals surface area contributed by atoms with E-state index < -0.39 is 5.97 Å². The molecule has 3 rings (SSSR count). The lowest BCUT2D eigenvalue weighted by Gasteiger charge is -2.13. The molecule has 1 aromatic heterocycles. The maximum absolute atomic E-state index is 11.4. The van der Waals surface area contributed by atoms with Crippen molar-refractivity contribution in [3.63, 3.8) is 0 Å². The first kappa shape index (κ1) is 19.9. The molecule has 0 bridgehead atoms. The van der Waals surface area contributed by atoms with Gasteiger partial charge in [0.05, 0.1) is 18.9 Å². The topological polar surface area (TPSA) is 68.7 Å². The first-order chi connectivity index (χ1) is 13.6. The molecular formula is C22H23NO4S. The molecule has 3 aromatic rings. The van der Waals surface area contributed by atoms with Gasteiger partial charge in [0.25, 0.3) is 0 Å². The number of benzene rings is 2. The van der Waals surface area contributed by atoms with Crippen LogP contribution < -0.4 is 9.47 Å². The minimum Gasteiger partial charge on any atom is -0.490 e. The lowest BCUT2D eigenvalue weighted by molar-refractivity contribution is 0.0701. The normalized spacial score (nSPS) is 10.6. The number of aromatic nitrogens is 1. The van der Waals surface area contributed by atoms with Crippen LogP contribution in [0.15, 0.2) is 48.5 Å². The van der Waals surface area contributed by atoms with Crippen molar-refractivity contribution in [1.82, 2.24) is 4.98 Å². The molecule has 0 atom stereocenters. The maximum Gasteiger partial charge on any atom is 0.347 e. The summed E-state index contributed by atoms with van der Waals surface area (Å²) >= 11 is 1.19. The number of thiazole rings is 1. The number of rotatable bonds is 9. The number of carbonyl (C=O) groups is 1. The van der Waals surface area contributed by atoms with Crippen molar-refractivity contribution in [3.05, 3.63) is 64.7 Å². The molecule has 0 aliphatic carbocycles. The summed E-state index contributed by atoms with van der Waals surface area (Å²) in [5, 5.41) is 10.0. The molecule has 0 unspecified atom stereocenters. The van der Waals surface area contributed by atoms with Crippen LogP contribution in [-0.4, -0.2) is 29.3 Å². The van der Waals surface area contributed by atoms with E-state index in [1.54, 1.807) is 0 Å². The lowest BCUT2D eigenvalue weighted by atomic mass is 10.2. The number of hydrogen-bond acceptors (Lipinski definition) is 5. The van der Waals surface area contributed by atoms with Crippen LogP contribution in [0.5, 0.6) is 11.5 Å². The van der Waals surface area contributed by atoms with Crippen LogP contribution in [0.4, 0.5) is 0 Å². The Balaban J connectivity index is 1.79. The molecule has 6 heteroatoms. The Morgan fingerprint density at radius 3 is 2.50 bits per heavy atom. The number of nitrogens with zero attached hydrogens (tertiary/aromatic N) is 1. The Labute approximate surface area is 168 Å². The van der Waals surface area contributed by atoms with E-state index >= 15 is 0 Å². The number of aromatic carboxylic acids is 1. The van der Waals surface area contributed by atoms with Crippen LogP contribution in [0.3, 0.4) is 0 Å². The summed E-state index contributed by atoms with van der Waals surface area (Å²) in [4.78, 5) is 16.2. The predicted molar refractivity (Wildman–Crippen MR) is 111 cm³/mol. The molecule has 1 heterocycles.